The molecular weight excluding hydrogens is 412 g/mol. The van der Waals surface area contributed by atoms with Crippen LogP contribution in [0, 0.1) is 0 Å². The number of likely N-dealkylation sites (N-methyl/N-ethyl adjacent to an activating group) is 1. The largest absolute Gasteiger partial charge is 0.480 e. The smallest absolute Gasteiger partial charge is 0.320 e. The van der Waals surface area contributed by atoms with E-state index in [2.05, 4.69) is 0 Å². The average Bonchev–Trinajstić information content (AvgIpc) is 2.80. The predicted octanol–water partition coefficient (Wildman–Crippen LogP) is 2.18. The molecule has 172 valence electrons. The number of carbonyl (C=O) groups excluding carboxylic acids is 2. The van der Waals surface area contributed by atoms with Gasteiger partial charge in [0.15, 0.2) is 0 Å². The van der Waals surface area contributed by atoms with E-state index in [1.165, 1.54) is 0 Å². The molecule has 0 amide bonds. The number of hydrogen-bond acceptors (Lipinski definition) is 7. The van der Waals surface area contributed by atoms with Crippen molar-refractivity contribution in [3.05, 3.63) is 71.8 Å². The molecule has 0 heterocycles. The van der Waals surface area contributed by atoms with Crippen LogP contribution in [-0.2, 0) is 37.1 Å². The van der Waals surface area contributed by atoms with E-state index in [9.17, 15) is 14.4 Å². The third-order valence-electron chi connectivity index (χ3n) is 4.73. The van der Waals surface area contributed by atoms with Crippen molar-refractivity contribution in [2.24, 2.45) is 0 Å². The molecule has 0 atom stereocenters. The Labute approximate surface area is 188 Å². The second-order valence-corrected chi connectivity index (χ2v) is 7.27. The predicted molar refractivity (Wildman–Crippen MR) is 119 cm³/mol. The molecule has 0 bridgehead atoms. The molecule has 2 aromatic rings. The van der Waals surface area contributed by atoms with Gasteiger partial charge in [-0.15, -0.1) is 0 Å². The van der Waals surface area contributed by atoms with Crippen LogP contribution in [0.3, 0.4) is 0 Å². The molecule has 0 aromatic heterocycles. The number of carbonyl (C=O) groups is 3. The molecule has 8 heteroatoms. The van der Waals surface area contributed by atoms with Crippen molar-refractivity contribution >= 4 is 17.9 Å². The lowest BCUT2D eigenvalue weighted by Crippen LogP contribution is -2.42. The number of rotatable bonds is 14. The number of hydrogen-bond donors (Lipinski definition) is 1. The van der Waals surface area contributed by atoms with Crippen LogP contribution < -0.4 is 0 Å². The van der Waals surface area contributed by atoms with E-state index in [0.717, 1.165) is 11.1 Å². The van der Waals surface area contributed by atoms with Gasteiger partial charge in [-0.25, -0.2) is 0 Å². The maximum atomic E-state index is 12.4. The minimum atomic E-state index is -0.928. The van der Waals surface area contributed by atoms with Gasteiger partial charge in [0.2, 0.25) is 0 Å². The van der Waals surface area contributed by atoms with Gasteiger partial charge in [-0.1, -0.05) is 67.6 Å². The van der Waals surface area contributed by atoms with Crippen LogP contribution in [0.2, 0.25) is 0 Å². The lowest BCUT2D eigenvalue weighted by Gasteiger charge is -2.24. The minimum Gasteiger partial charge on any atom is -0.480 e. The highest BCUT2D eigenvalue weighted by atomic mass is 16.5. The molecule has 0 saturated carbocycles. The highest BCUT2D eigenvalue weighted by molar-refractivity contribution is 5.75. The maximum Gasteiger partial charge on any atom is 0.320 e. The van der Waals surface area contributed by atoms with Crippen molar-refractivity contribution in [3.63, 3.8) is 0 Å². The van der Waals surface area contributed by atoms with Crippen molar-refractivity contribution in [2.75, 3.05) is 39.3 Å². The Morgan fingerprint density at radius 3 is 1.56 bits per heavy atom. The zero-order valence-corrected chi connectivity index (χ0v) is 18.3. The van der Waals surface area contributed by atoms with E-state index in [1.54, 1.807) is 9.80 Å². The summed E-state index contributed by atoms with van der Waals surface area (Å²) < 4.78 is 10.7. The summed E-state index contributed by atoms with van der Waals surface area (Å²) >= 11 is 0. The summed E-state index contributed by atoms with van der Waals surface area (Å²) in [6.45, 7) is 3.09. The molecule has 8 nitrogen and oxygen atoms in total. The second kappa shape index (κ2) is 14.0. The fourth-order valence-electron chi connectivity index (χ4n) is 2.97. The molecule has 0 unspecified atom stereocenters. The van der Waals surface area contributed by atoms with E-state index in [-0.39, 0.29) is 32.8 Å². The Hall–Kier alpha value is -3.23. The van der Waals surface area contributed by atoms with E-state index in [1.807, 2.05) is 67.6 Å². The molecule has 0 aliphatic rings. The van der Waals surface area contributed by atoms with Crippen LogP contribution in [0.4, 0.5) is 0 Å². The maximum absolute atomic E-state index is 12.4. The summed E-state index contributed by atoms with van der Waals surface area (Å²) in [6, 6.07) is 18.6. The third-order valence-corrected chi connectivity index (χ3v) is 4.73. The van der Waals surface area contributed by atoms with Gasteiger partial charge in [0, 0.05) is 13.1 Å². The number of carboxylic acids is 1. The first kappa shape index (κ1) is 25.0. The number of aliphatic carboxylic acids is 1. The van der Waals surface area contributed by atoms with Crippen LogP contribution >= 0.6 is 0 Å². The zero-order chi connectivity index (χ0) is 23.2. The highest BCUT2D eigenvalue weighted by Gasteiger charge is 2.18. The van der Waals surface area contributed by atoms with E-state index in [4.69, 9.17) is 14.6 Å². The van der Waals surface area contributed by atoms with Crippen molar-refractivity contribution in [1.82, 2.24) is 9.80 Å². The fraction of sp³-hybridized carbons (Fsp3) is 0.375. The first-order valence-electron chi connectivity index (χ1n) is 10.5. The molecule has 0 saturated heterocycles. The van der Waals surface area contributed by atoms with Crippen molar-refractivity contribution in [3.8, 4) is 0 Å². The van der Waals surface area contributed by atoms with Crippen molar-refractivity contribution in [1.29, 1.82) is 0 Å². The molecule has 2 rings (SSSR count). The van der Waals surface area contributed by atoms with E-state index in [0.29, 0.717) is 19.6 Å². The van der Waals surface area contributed by atoms with Crippen molar-refractivity contribution < 1.29 is 29.0 Å². The summed E-state index contributed by atoms with van der Waals surface area (Å²) in [5.74, 6) is -1.86. The summed E-state index contributed by atoms with van der Waals surface area (Å²) in [5, 5.41) is 9.02. The number of esters is 2. The standard InChI is InChI=1S/C24H30N2O6/c1-2-25(15-22(27)28)13-14-26(16-23(29)31-18-20-9-5-3-6-10-20)17-24(30)32-19-21-11-7-4-8-12-21/h3-12H,2,13-19H2,1H3,(H,27,28). The zero-order valence-electron chi connectivity index (χ0n) is 18.3. The highest BCUT2D eigenvalue weighted by Crippen LogP contribution is 2.04. The number of ether oxygens (including phenoxy) is 2. The van der Waals surface area contributed by atoms with Gasteiger partial charge in [0.1, 0.15) is 13.2 Å². The molecule has 0 radical (unpaired) electrons. The van der Waals surface area contributed by atoms with Crippen LogP contribution in [0.1, 0.15) is 18.1 Å². The number of carboxylic acid groups (broad SMARTS) is 1. The Morgan fingerprint density at radius 2 is 1.16 bits per heavy atom. The van der Waals surface area contributed by atoms with Gasteiger partial charge in [0.25, 0.3) is 0 Å². The molecule has 0 fully saturated rings. The monoisotopic (exact) mass is 442 g/mol. The van der Waals surface area contributed by atoms with Crippen LogP contribution in [0.25, 0.3) is 0 Å². The molecule has 1 N–H and O–H groups in total. The average molecular weight is 443 g/mol. The Bertz CT molecular complexity index is 787. The Balaban J connectivity index is 1.90. The lowest BCUT2D eigenvalue weighted by molar-refractivity contribution is -0.150. The van der Waals surface area contributed by atoms with Crippen LogP contribution in [0.5, 0.6) is 0 Å². The first-order chi connectivity index (χ1) is 15.5. The Kier molecular flexibility index (Phi) is 10.9. The lowest BCUT2D eigenvalue weighted by atomic mass is 10.2. The number of benzene rings is 2. The fourth-order valence-corrected chi connectivity index (χ4v) is 2.97. The van der Waals surface area contributed by atoms with Gasteiger partial charge in [-0.2, -0.15) is 0 Å². The number of nitrogens with zero attached hydrogens (tertiary/aromatic N) is 2. The molecule has 0 aliphatic heterocycles. The van der Waals surface area contributed by atoms with Crippen LogP contribution in [-0.4, -0.2) is 72.1 Å². The van der Waals surface area contributed by atoms with Crippen molar-refractivity contribution in [2.45, 2.75) is 20.1 Å². The molecule has 2 aromatic carbocycles. The molecular formula is C24H30N2O6. The third kappa shape index (κ3) is 10.2. The van der Waals surface area contributed by atoms with E-state index >= 15 is 0 Å². The van der Waals surface area contributed by atoms with Gasteiger partial charge in [0.05, 0.1) is 19.6 Å². The topological polar surface area (TPSA) is 96.4 Å². The first-order valence-corrected chi connectivity index (χ1v) is 10.5. The second-order valence-electron chi connectivity index (χ2n) is 7.27. The quantitative estimate of drug-likeness (QED) is 0.445. The minimum absolute atomic E-state index is 0.0993. The molecule has 0 spiro atoms. The van der Waals surface area contributed by atoms with Gasteiger partial charge in [-0.05, 0) is 17.7 Å². The summed E-state index contributed by atoms with van der Waals surface area (Å²) in [6.07, 6.45) is 0. The van der Waals surface area contributed by atoms with Gasteiger partial charge >= 0.3 is 17.9 Å². The van der Waals surface area contributed by atoms with Crippen LogP contribution in [0.15, 0.2) is 60.7 Å². The van der Waals surface area contributed by atoms with E-state index < -0.39 is 17.9 Å². The summed E-state index contributed by atoms with van der Waals surface area (Å²) in [4.78, 5) is 39.1. The van der Waals surface area contributed by atoms with Gasteiger partial charge < -0.3 is 14.6 Å². The normalized spacial score (nSPS) is 10.8. The Morgan fingerprint density at radius 1 is 0.719 bits per heavy atom. The van der Waals surface area contributed by atoms with Gasteiger partial charge in [-0.3, -0.25) is 24.2 Å². The molecule has 32 heavy (non-hydrogen) atoms. The summed E-state index contributed by atoms with van der Waals surface area (Å²) in [7, 11) is 0. The molecule has 0 aliphatic carbocycles. The SMILES string of the molecule is CCN(CCN(CC(=O)OCc1ccccc1)CC(=O)OCc1ccccc1)CC(=O)O. The summed E-state index contributed by atoms with van der Waals surface area (Å²) in [5.41, 5.74) is 1.74.